The highest BCUT2D eigenvalue weighted by Crippen LogP contribution is 2.35. The number of halogens is 8. The summed E-state index contributed by atoms with van der Waals surface area (Å²) in [5.74, 6) is -9.74. The normalized spacial score (nSPS) is 18.4. The van der Waals surface area contributed by atoms with Gasteiger partial charge in [-0.25, -0.2) is 0 Å². The van der Waals surface area contributed by atoms with Gasteiger partial charge in [-0.1, -0.05) is 12.1 Å². The summed E-state index contributed by atoms with van der Waals surface area (Å²) >= 11 is 0. The molecule has 1 heterocycles. The van der Waals surface area contributed by atoms with Gasteiger partial charge in [0.05, 0.1) is 17.9 Å². The third-order valence-electron chi connectivity index (χ3n) is 5.19. The average Bonchev–Trinajstić information content (AvgIpc) is 2.86. The van der Waals surface area contributed by atoms with Crippen molar-refractivity contribution in [3.05, 3.63) is 24.3 Å². The number of hydrogen-bond donors (Lipinski definition) is 4. The lowest BCUT2D eigenvalue weighted by Crippen LogP contribution is -2.61. The molecular weight excluding hydrogens is 512 g/mol. The molecule has 36 heavy (non-hydrogen) atoms. The van der Waals surface area contributed by atoms with Gasteiger partial charge in [0, 0.05) is 19.5 Å². The van der Waals surface area contributed by atoms with E-state index in [1.54, 1.807) is 6.07 Å². The molecule has 1 aromatic rings. The van der Waals surface area contributed by atoms with Crippen molar-refractivity contribution in [2.45, 2.75) is 49.7 Å². The molecule has 0 radical (unpaired) electrons. The number of carbonyl (C=O) groups is 3. The lowest BCUT2D eigenvalue weighted by atomic mass is 10.0. The first-order valence-corrected chi connectivity index (χ1v) is 10.3. The number of hydrogen-bond acceptors (Lipinski definition) is 5. The number of anilines is 2. The molecule has 2 atom stereocenters. The molecule has 3 amide bonds. The molecule has 1 aliphatic rings. The van der Waals surface area contributed by atoms with Crippen molar-refractivity contribution in [1.29, 1.82) is 0 Å². The molecule has 0 aliphatic carbocycles. The number of rotatable bonds is 8. The highest BCUT2D eigenvalue weighted by molar-refractivity contribution is 6.10. The van der Waals surface area contributed by atoms with Crippen LogP contribution in [0.2, 0.25) is 0 Å². The van der Waals surface area contributed by atoms with Gasteiger partial charge in [-0.2, -0.15) is 35.1 Å². The van der Waals surface area contributed by atoms with Crippen molar-refractivity contribution >= 4 is 29.1 Å². The first-order chi connectivity index (χ1) is 16.3. The maximum absolute atomic E-state index is 13.0. The summed E-state index contributed by atoms with van der Waals surface area (Å²) in [5.41, 5.74) is -2.66. The van der Waals surface area contributed by atoms with Crippen LogP contribution >= 0.6 is 0 Å². The predicted octanol–water partition coefficient (Wildman–Crippen LogP) is 2.34. The van der Waals surface area contributed by atoms with Crippen molar-refractivity contribution in [3.63, 3.8) is 0 Å². The first-order valence-electron chi connectivity index (χ1n) is 10.3. The minimum Gasteiger partial charge on any atom is -0.372 e. The molecule has 16 heteroatoms. The highest BCUT2D eigenvalue weighted by Gasteiger charge is 2.58. The smallest absolute Gasteiger partial charge is 0.372 e. The summed E-state index contributed by atoms with van der Waals surface area (Å²) in [6, 6.07) is 4.47. The van der Waals surface area contributed by atoms with Crippen molar-refractivity contribution in [1.82, 2.24) is 10.6 Å². The van der Waals surface area contributed by atoms with E-state index in [0.29, 0.717) is 12.6 Å². The molecule has 0 bridgehead atoms. The van der Waals surface area contributed by atoms with Crippen LogP contribution in [-0.2, 0) is 14.4 Å². The van der Waals surface area contributed by atoms with Crippen LogP contribution in [0.15, 0.2) is 24.3 Å². The Bertz CT molecular complexity index is 981. The van der Waals surface area contributed by atoms with Gasteiger partial charge in [-0.3, -0.25) is 14.4 Å². The average molecular weight is 534 g/mol. The van der Waals surface area contributed by atoms with Gasteiger partial charge >= 0.3 is 18.3 Å². The molecular formula is C20H22F8N4O4. The number of carbonyl (C=O) groups excluding carboxylic acids is 3. The number of aliphatic hydroxyl groups is 1. The van der Waals surface area contributed by atoms with Gasteiger partial charge in [-0.15, -0.1) is 0 Å². The van der Waals surface area contributed by atoms with Crippen LogP contribution in [0.3, 0.4) is 0 Å². The monoisotopic (exact) mass is 534 g/mol. The summed E-state index contributed by atoms with van der Waals surface area (Å²) < 4.78 is 101. The topological polar surface area (TPSA) is 111 Å². The molecule has 0 spiro atoms. The minimum atomic E-state index is -6.00. The van der Waals surface area contributed by atoms with Crippen molar-refractivity contribution < 1.29 is 54.6 Å². The lowest BCUT2D eigenvalue weighted by molar-refractivity contribution is -0.278. The van der Waals surface area contributed by atoms with E-state index in [2.05, 4.69) is 5.32 Å². The standard InChI is InChI=1S/C20H22F8N4O4/c1-17(36,15(34)29-10-18(21,22)20(26,27)28)16(35)31-12-9-32(8-4-7-19(23,24)25)13-6-3-2-5-11(13)30-14(12)33/h2-3,5-6,12,36H,4,7-10H2,1H3,(H,29,34)(H,30,33)(H,31,35)/t12-,17+/m0/s1. The summed E-state index contributed by atoms with van der Waals surface area (Å²) in [7, 11) is 0. The van der Waals surface area contributed by atoms with E-state index in [9.17, 15) is 54.6 Å². The van der Waals surface area contributed by atoms with Crippen LogP contribution in [0.1, 0.15) is 19.8 Å². The Morgan fingerprint density at radius 3 is 2.28 bits per heavy atom. The Labute approximate surface area is 199 Å². The van der Waals surface area contributed by atoms with E-state index in [0.717, 1.165) is 5.32 Å². The molecule has 1 aliphatic heterocycles. The van der Waals surface area contributed by atoms with Crippen LogP contribution in [0.5, 0.6) is 0 Å². The molecule has 0 saturated carbocycles. The molecule has 2 rings (SSSR count). The number of fused-ring (bicyclic) bond motifs is 1. The van der Waals surface area contributed by atoms with Crippen LogP contribution in [0, 0.1) is 0 Å². The van der Waals surface area contributed by atoms with Gasteiger partial charge in [0.1, 0.15) is 6.04 Å². The SMILES string of the molecule is C[C@@](O)(C(=O)NCC(F)(F)C(F)(F)F)C(=O)N[C@H]1CN(CCCC(F)(F)F)c2ccccc2NC1=O. The van der Waals surface area contributed by atoms with Crippen LogP contribution < -0.4 is 20.9 Å². The molecule has 4 N–H and O–H groups in total. The number of nitrogens with zero attached hydrogens (tertiary/aromatic N) is 1. The van der Waals surface area contributed by atoms with E-state index < -0.39 is 67.1 Å². The van der Waals surface area contributed by atoms with E-state index in [1.807, 2.05) is 5.32 Å². The Kier molecular flexibility index (Phi) is 8.43. The zero-order chi connectivity index (χ0) is 27.5. The summed E-state index contributed by atoms with van der Waals surface area (Å²) in [6.07, 6.45) is -12.0. The summed E-state index contributed by atoms with van der Waals surface area (Å²) in [4.78, 5) is 38.5. The molecule has 0 saturated heterocycles. The second-order valence-electron chi connectivity index (χ2n) is 8.15. The molecule has 0 fully saturated rings. The Balaban J connectivity index is 2.15. The molecule has 1 aromatic carbocycles. The zero-order valence-electron chi connectivity index (χ0n) is 18.6. The van der Waals surface area contributed by atoms with E-state index in [-0.39, 0.29) is 18.7 Å². The zero-order valence-corrected chi connectivity index (χ0v) is 18.6. The van der Waals surface area contributed by atoms with Crippen LogP contribution in [-0.4, -0.2) is 72.4 Å². The third-order valence-corrected chi connectivity index (χ3v) is 5.19. The van der Waals surface area contributed by atoms with E-state index in [4.69, 9.17) is 0 Å². The fourth-order valence-corrected chi connectivity index (χ4v) is 3.14. The fourth-order valence-electron chi connectivity index (χ4n) is 3.14. The van der Waals surface area contributed by atoms with E-state index >= 15 is 0 Å². The second-order valence-corrected chi connectivity index (χ2v) is 8.15. The quantitative estimate of drug-likeness (QED) is 0.303. The number of para-hydroxylation sites is 2. The van der Waals surface area contributed by atoms with Crippen molar-refractivity contribution in [3.8, 4) is 0 Å². The number of alkyl halides is 8. The highest BCUT2D eigenvalue weighted by atomic mass is 19.4. The maximum atomic E-state index is 13.0. The van der Waals surface area contributed by atoms with Crippen molar-refractivity contribution in [2.75, 3.05) is 29.9 Å². The Hall–Kier alpha value is -3.17. The van der Waals surface area contributed by atoms with Gasteiger partial charge in [-0.05, 0) is 25.5 Å². The molecule has 8 nitrogen and oxygen atoms in total. The Morgan fingerprint density at radius 1 is 1.08 bits per heavy atom. The third kappa shape index (κ3) is 7.18. The lowest BCUT2D eigenvalue weighted by Gasteiger charge is -2.29. The Morgan fingerprint density at radius 2 is 1.69 bits per heavy atom. The second kappa shape index (κ2) is 10.4. The van der Waals surface area contributed by atoms with Gasteiger partial charge < -0.3 is 26.0 Å². The van der Waals surface area contributed by atoms with Gasteiger partial charge in [0.25, 0.3) is 11.8 Å². The number of amides is 3. The van der Waals surface area contributed by atoms with Gasteiger partial charge in [0.2, 0.25) is 11.5 Å². The molecule has 0 aromatic heterocycles. The minimum absolute atomic E-state index is 0.199. The summed E-state index contributed by atoms with van der Waals surface area (Å²) in [6.45, 7) is -2.36. The van der Waals surface area contributed by atoms with Crippen molar-refractivity contribution in [2.24, 2.45) is 0 Å². The summed E-state index contributed by atoms with van der Waals surface area (Å²) in [5, 5.41) is 15.8. The number of benzene rings is 1. The van der Waals surface area contributed by atoms with Crippen LogP contribution in [0.4, 0.5) is 46.5 Å². The maximum Gasteiger partial charge on any atom is 0.455 e. The van der Waals surface area contributed by atoms with Gasteiger partial charge in [0.15, 0.2) is 0 Å². The first kappa shape index (κ1) is 29.1. The fraction of sp³-hybridized carbons (Fsp3) is 0.550. The number of nitrogens with one attached hydrogen (secondary N) is 3. The molecule has 202 valence electrons. The van der Waals surface area contributed by atoms with Crippen LogP contribution in [0.25, 0.3) is 0 Å². The molecule has 0 unspecified atom stereocenters. The van der Waals surface area contributed by atoms with E-state index in [1.165, 1.54) is 23.1 Å². The largest absolute Gasteiger partial charge is 0.455 e. The predicted molar refractivity (Wildman–Crippen MR) is 109 cm³/mol.